The second-order valence-corrected chi connectivity index (χ2v) is 4.69. The van der Waals surface area contributed by atoms with Gasteiger partial charge in [0.05, 0.1) is 17.6 Å². The van der Waals surface area contributed by atoms with Crippen LogP contribution in [0.4, 0.5) is 5.69 Å². The van der Waals surface area contributed by atoms with Crippen LogP contribution in [0, 0.1) is 5.92 Å². The fourth-order valence-electron chi connectivity index (χ4n) is 1.75. The van der Waals surface area contributed by atoms with Crippen molar-refractivity contribution in [1.29, 1.82) is 0 Å². The first-order valence-corrected chi connectivity index (χ1v) is 6.12. The molecule has 0 radical (unpaired) electrons. The van der Waals surface area contributed by atoms with Crippen molar-refractivity contribution in [1.82, 2.24) is 4.98 Å². The van der Waals surface area contributed by atoms with Gasteiger partial charge in [-0.3, -0.25) is 4.98 Å². The maximum absolute atomic E-state index is 5.52. The molecular weight excluding hydrogens is 218 g/mol. The van der Waals surface area contributed by atoms with Gasteiger partial charge in [-0.1, -0.05) is 12.2 Å². The molecule has 1 aliphatic rings. The Balaban J connectivity index is 2.08. The number of hydrogen-bond donors (Lipinski definition) is 1. The Morgan fingerprint density at radius 3 is 2.75 bits per heavy atom. The van der Waals surface area contributed by atoms with Gasteiger partial charge in [0.25, 0.3) is 0 Å². The summed E-state index contributed by atoms with van der Waals surface area (Å²) in [6, 6.07) is 3.95. The minimum absolute atomic E-state index is 0.358. The second-order valence-electron chi connectivity index (χ2n) is 4.25. The summed E-state index contributed by atoms with van der Waals surface area (Å²) < 4.78 is 0. The molecule has 0 unspecified atom stereocenters. The Hall–Kier alpha value is -1.16. The fourth-order valence-corrected chi connectivity index (χ4v) is 1.87. The maximum atomic E-state index is 5.52. The zero-order valence-corrected chi connectivity index (χ0v) is 10.3. The van der Waals surface area contributed by atoms with Crippen LogP contribution in [0.25, 0.3) is 0 Å². The minimum Gasteiger partial charge on any atom is -0.388 e. The van der Waals surface area contributed by atoms with E-state index in [1.165, 1.54) is 12.8 Å². The molecule has 16 heavy (non-hydrogen) atoms. The monoisotopic (exact) mass is 235 g/mol. The van der Waals surface area contributed by atoms with Crippen molar-refractivity contribution in [3.63, 3.8) is 0 Å². The zero-order valence-electron chi connectivity index (χ0n) is 9.52. The third-order valence-corrected chi connectivity index (χ3v) is 3.13. The van der Waals surface area contributed by atoms with Crippen molar-refractivity contribution in [2.24, 2.45) is 11.7 Å². The number of nitrogens with zero attached hydrogens (tertiary/aromatic N) is 2. The van der Waals surface area contributed by atoms with Gasteiger partial charge in [0.2, 0.25) is 0 Å². The van der Waals surface area contributed by atoms with Crippen LogP contribution in [-0.2, 0) is 0 Å². The number of rotatable bonds is 5. The molecule has 1 heterocycles. The first kappa shape index (κ1) is 11.3. The first-order chi connectivity index (χ1) is 7.70. The number of anilines is 1. The molecule has 2 N–H and O–H groups in total. The van der Waals surface area contributed by atoms with Crippen molar-refractivity contribution >= 4 is 22.9 Å². The van der Waals surface area contributed by atoms with Crippen molar-refractivity contribution in [2.45, 2.75) is 19.8 Å². The number of hydrogen-bond acceptors (Lipinski definition) is 3. The van der Waals surface area contributed by atoms with Gasteiger partial charge >= 0.3 is 0 Å². The van der Waals surface area contributed by atoms with Crippen molar-refractivity contribution in [2.75, 3.05) is 18.0 Å². The molecule has 86 valence electrons. The lowest BCUT2D eigenvalue weighted by atomic mass is 10.3. The highest BCUT2D eigenvalue weighted by Gasteiger charge is 2.23. The van der Waals surface area contributed by atoms with Crippen LogP contribution in [0.1, 0.15) is 25.5 Å². The van der Waals surface area contributed by atoms with Crippen LogP contribution in [-0.4, -0.2) is 23.1 Å². The predicted molar refractivity (Wildman–Crippen MR) is 70.7 cm³/mol. The molecule has 0 amide bonds. The van der Waals surface area contributed by atoms with Crippen LogP contribution < -0.4 is 10.6 Å². The van der Waals surface area contributed by atoms with Crippen molar-refractivity contribution in [3.05, 3.63) is 24.0 Å². The number of nitrogens with two attached hydrogens (primary N) is 1. The Morgan fingerprint density at radius 2 is 2.31 bits per heavy atom. The molecule has 1 aromatic rings. The zero-order chi connectivity index (χ0) is 11.5. The SMILES string of the molecule is CCN(CC1CC1)c1ccc(C(N)=S)nc1. The predicted octanol–water partition coefficient (Wildman–Crippen LogP) is 1.95. The minimum atomic E-state index is 0.358. The van der Waals surface area contributed by atoms with E-state index in [-0.39, 0.29) is 0 Å². The van der Waals surface area contributed by atoms with Gasteiger partial charge in [-0.25, -0.2) is 0 Å². The van der Waals surface area contributed by atoms with E-state index in [9.17, 15) is 0 Å². The van der Waals surface area contributed by atoms with E-state index in [2.05, 4.69) is 16.8 Å². The molecule has 2 rings (SSSR count). The van der Waals surface area contributed by atoms with Crippen molar-refractivity contribution < 1.29 is 0 Å². The maximum Gasteiger partial charge on any atom is 0.122 e. The standard InChI is InChI=1S/C12H17N3S/c1-2-15(8-9-3-4-9)10-5-6-11(12(13)16)14-7-10/h5-7,9H,2-4,8H2,1H3,(H2,13,16). The molecule has 1 saturated carbocycles. The lowest BCUT2D eigenvalue weighted by molar-refractivity contribution is 0.740. The summed E-state index contributed by atoms with van der Waals surface area (Å²) in [4.78, 5) is 6.98. The lowest BCUT2D eigenvalue weighted by Gasteiger charge is -2.22. The van der Waals surface area contributed by atoms with Gasteiger partial charge in [-0.05, 0) is 37.8 Å². The highest BCUT2D eigenvalue weighted by Crippen LogP contribution is 2.31. The summed E-state index contributed by atoms with van der Waals surface area (Å²) in [5.41, 5.74) is 7.38. The van der Waals surface area contributed by atoms with E-state index < -0.39 is 0 Å². The van der Waals surface area contributed by atoms with Crippen molar-refractivity contribution in [3.8, 4) is 0 Å². The van der Waals surface area contributed by atoms with Gasteiger partial charge in [0.15, 0.2) is 0 Å². The average Bonchev–Trinajstić information content (AvgIpc) is 3.10. The Kier molecular flexibility index (Phi) is 3.39. The topological polar surface area (TPSA) is 42.1 Å². The summed E-state index contributed by atoms with van der Waals surface area (Å²) in [6.45, 7) is 4.33. The molecule has 0 saturated heterocycles. The Morgan fingerprint density at radius 1 is 1.56 bits per heavy atom. The lowest BCUT2D eigenvalue weighted by Crippen LogP contribution is -2.25. The van der Waals surface area contributed by atoms with E-state index in [0.717, 1.165) is 24.7 Å². The molecule has 0 aromatic carbocycles. The summed E-state index contributed by atoms with van der Waals surface area (Å²) in [5, 5.41) is 0. The molecule has 1 aromatic heterocycles. The molecular formula is C12H17N3S. The molecule has 0 aliphatic heterocycles. The van der Waals surface area contributed by atoms with Crippen LogP contribution in [0.2, 0.25) is 0 Å². The smallest absolute Gasteiger partial charge is 0.122 e. The molecule has 3 nitrogen and oxygen atoms in total. The van der Waals surface area contributed by atoms with Crippen LogP contribution in [0.3, 0.4) is 0 Å². The Labute approximate surface area is 102 Å². The summed E-state index contributed by atoms with van der Waals surface area (Å²) in [6.07, 6.45) is 4.60. The highest BCUT2D eigenvalue weighted by atomic mass is 32.1. The Bertz CT molecular complexity index is 370. The quantitative estimate of drug-likeness (QED) is 0.792. The molecule has 0 atom stereocenters. The number of aromatic nitrogens is 1. The molecule has 4 heteroatoms. The van der Waals surface area contributed by atoms with Gasteiger partial charge in [0.1, 0.15) is 4.99 Å². The summed E-state index contributed by atoms with van der Waals surface area (Å²) in [5.74, 6) is 0.884. The normalized spacial score (nSPS) is 14.8. The second kappa shape index (κ2) is 4.78. The van der Waals surface area contributed by atoms with E-state index in [0.29, 0.717) is 10.7 Å². The third-order valence-electron chi connectivity index (χ3n) is 2.92. The number of thiocarbonyl (C=S) groups is 1. The molecule has 0 spiro atoms. The highest BCUT2D eigenvalue weighted by molar-refractivity contribution is 7.80. The summed E-state index contributed by atoms with van der Waals surface area (Å²) >= 11 is 4.88. The fraction of sp³-hybridized carbons (Fsp3) is 0.500. The van der Waals surface area contributed by atoms with Gasteiger partial charge in [-0.15, -0.1) is 0 Å². The molecule has 1 fully saturated rings. The van der Waals surface area contributed by atoms with Crippen LogP contribution in [0.5, 0.6) is 0 Å². The van der Waals surface area contributed by atoms with Gasteiger partial charge in [0, 0.05) is 13.1 Å². The summed E-state index contributed by atoms with van der Waals surface area (Å²) in [7, 11) is 0. The molecule has 0 bridgehead atoms. The van der Waals surface area contributed by atoms with E-state index >= 15 is 0 Å². The van der Waals surface area contributed by atoms with E-state index in [4.69, 9.17) is 18.0 Å². The first-order valence-electron chi connectivity index (χ1n) is 5.71. The van der Waals surface area contributed by atoms with Gasteiger partial charge < -0.3 is 10.6 Å². The van der Waals surface area contributed by atoms with E-state index in [1.54, 1.807) is 0 Å². The van der Waals surface area contributed by atoms with Crippen LogP contribution in [0.15, 0.2) is 18.3 Å². The largest absolute Gasteiger partial charge is 0.388 e. The number of pyridine rings is 1. The van der Waals surface area contributed by atoms with E-state index in [1.807, 2.05) is 18.3 Å². The average molecular weight is 235 g/mol. The molecule has 1 aliphatic carbocycles. The van der Waals surface area contributed by atoms with Gasteiger partial charge in [-0.2, -0.15) is 0 Å². The van der Waals surface area contributed by atoms with Crippen LogP contribution >= 0.6 is 12.2 Å². The third kappa shape index (κ3) is 2.70.